The van der Waals surface area contributed by atoms with Crippen LogP contribution in [0.4, 0.5) is 4.39 Å². The number of carbonyl (C=O) groups is 2. The van der Waals surface area contributed by atoms with Gasteiger partial charge in [-0.05, 0) is 23.1 Å². The summed E-state index contributed by atoms with van der Waals surface area (Å²) in [4.78, 5) is 32.0. The van der Waals surface area contributed by atoms with Gasteiger partial charge in [0.25, 0.3) is 0 Å². The Labute approximate surface area is 191 Å². The van der Waals surface area contributed by atoms with E-state index < -0.39 is 24.2 Å². The second kappa shape index (κ2) is 9.89. The van der Waals surface area contributed by atoms with Crippen LogP contribution in [-0.4, -0.2) is 55.9 Å². The Balaban J connectivity index is 1.56. The van der Waals surface area contributed by atoms with E-state index in [0.29, 0.717) is 17.3 Å². The van der Waals surface area contributed by atoms with Gasteiger partial charge < -0.3 is 10.2 Å². The number of benzene rings is 1. The standard InChI is InChI=1S/C24H27FN6O2/c1-15(2)17-8-9-20(26-12-17)23(16-6-4-3-5-7-16)28-24(33)21-10-18(25)14-31(21)22(32)11-19-13-27-30-29-19/h3-9,12-13,15,18,21,23H,10-11,14H2,1-2H3,(H,28,33)(H,27,29,30)/t18?,21?,23-/m0/s1. The van der Waals surface area contributed by atoms with Gasteiger partial charge in [-0.1, -0.05) is 50.2 Å². The zero-order valence-corrected chi connectivity index (χ0v) is 18.6. The molecule has 1 aliphatic rings. The lowest BCUT2D eigenvalue weighted by molar-refractivity contribution is -0.138. The molecule has 1 saturated heterocycles. The molecule has 1 aliphatic heterocycles. The molecule has 0 radical (unpaired) electrons. The Morgan fingerprint density at radius 1 is 1.15 bits per heavy atom. The Hall–Kier alpha value is -3.62. The number of H-pyrrole nitrogens is 1. The van der Waals surface area contributed by atoms with Gasteiger partial charge in [0, 0.05) is 12.6 Å². The van der Waals surface area contributed by atoms with Crippen molar-refractivity contribution in [3.8, 4) is 0 Å². The van der Waals surface area contributed by atoms with Crippen molar-refractivity contribution < 1.29 is 14.0 Å². The summed E-state index contributed by atoms with van der Waals surface area (Å²) < 4.78 is 14.3. The second-order valence-electron chi connectivity index (χ2n) is 8.56. The van der Waals surface area contributed by atoms with Gasteiger partial charge in [-0.25, -0.2) is 4.39 Å². The summed E-state index contributed by atoms with van der Waals surface area (Å²) in [5.41, 5.74) is 3.07. The quantitative estimate of drug-likeness (QED) is 0.576. The van der Waals surface area contributed by atoms with Crippen LogP contribution in [-0.2, 0) is 16.0 Å². The Morgan fingerprint density at radius 3 is 2.58 bits per heavy atom. The lowest BCUT2D eigenvalue weighted by Crippen LogP contribution is -2.47. The van der Waals surface area contributed by atoms with Gasteiger partial charge in [-0.15, -0.1) is 0 Å². The number of aromatic nitrogens is 4. The molecule has 1 aromatic carbocycles. The summed E-state index contributed by atoms with van der Waals surface area (Å²) in [5, 5.41) is 13.0. The van der Waals surface area contributed by atoms with Gasteiger partial charge in [0.2, 0.25) is 11.8 Å². The minimum Gasteiger partial charge on any atom is -0.342 e. The third kappa shape index (κ3) is 5.24. The highest BCUT2D eigenvalue weighted by atomic mass is 19.1. The smallest absolute Gasteiger partial charge is 0.243 e. The third-order valence-electron chi connectivity index (χ3n) is 5.86. The summed E-state index contributed by atoms with van der Waals surface area (Å²) in [6.07, 6.45) is 1.89. The lowest BCUT2D eigenvalue weighted by Gasteiger charge is -2.26. The molecule has 0 aliphatic carbocycles. The van der Waals surface area contributed by atoms with Crippen LogP contribution in [0.15, 0.2) is 54.9 Å². The van der Waals surface area contributed by atoms with Crippen molar-refractivity contribution in [2.45, 2.75) is 50.9 Å². The van der Waals surface area contributed by atoms with Crippen LogP contribution in [0, 0.1) is 0 Å². The van der Waals surface area contributed by atoms with Gasteiger partial charge in [0.15, 0.2) is 0 Å². The number of halogens is 1. The maximum atomic E-state index is 14.3. The van der Waals surface area contributed by atoms with Crippen molar-refractivity contribution >= 4 is 11.8 Å². The van der Waals surface area contributed by atoms with Crippen molar-refractivity contribution in [1.82, 2.24) is 30.6 Å². The first kappa shape index (κ1) is 22.6. The molecule has 0 spiro atoms. The monoisotopic (exact) mass is 450 g/mol. The van der Waals surface area contributed by atoms with Crippen LogP contribution in [0.25, 0.3) is 0 Å². The normalized spacial score (nSPS) is 19.0. The Morgan fingerprint density at radius 2 is 1.94 bits per heavy atom. The fourth-order valence-corrected chi connectivity index (χ4v) is 4.02. The zero-order valence-electron chi connectivity index (χ0n) is 18.6. The van der Waals surface area contributed by atoms with Crippen LogP contribution in [0.2, 0.25) is 0 Å². The van der Waals surface area contributed by atoms with E-state index in [9.17, 15) is 14.0 Å². The van der Waals surface area contributed by atoms with E-state index >= 15 is 0 Å². The largest absolute Gasteiger partial charge is 0.342 e. The van der Waals surface area contributed by atoms with Crippen LogP contribution in [0.3, 0.4) is 0 Å². The topological polar surface area (TPSA) is 104 Å². The number of amides is 2. The molecule has 8 nitrogen and oxygen atoms in total. The highest BCUT2D eigenvalue weighted by Crippen LogP contribution is 2.26. The van der Waals surface area contributed by atoms with E-state index in [1.165, 1.54) is 11.1 Å². The SMILES string of the molecule is CC(C)c1ccc([C@@H](NC(=O)C2CC(F)CN2C(=O)Cc2cn[nH]n2)c2ccccc2)nc1. The third-order valence-corrected chi connectivity index (χ3v) is 5.86. The number of nitrogens with one attached hydrogen (secondary N) is 2. The molecule has 2 unspecified atom stereocenters. The minimum absolute atomic E-state index is 0.0440. The molecule has 4 rings (SSSR count). The Kier molecular flexibility index (Phi) is 6.76. The number of rotatable bonds is 7. The van der Waals surface area contributed by atoms with Crippen LogP contribution in [0.5, 0.6) is 0 Å². The summed E-state index contributed by atoms with van der Waals surface area (Å²) in [5.74, 6) is -0.437. The summed E-state index contributed by atoms with van der Waals surface area (Å²) in [7, 11) is 0. The van der Waals surface area contributed by atoms with E-state index in [-0.39, 0.29) is 25.3 Å². The molecule has 3 atom stereocenters. The first-order chi connectivity index (χ1) is 15.9. The molecule has 2 amide bonds. The maximum absolute atomic E-state index is 14.3. The van der Waals surface area contributed by atoms with Crippen molar-refractivity contribution in [1.29, 1.82) is 0 Å². The van der Waals surface area contributed by atoms with E-state index in [2.05, 4.69) is 39.6 Å². The molecule has 3 aromatic rings. The van der Waals surface area contributed by atoms with Gasteiger partial charge in [-0.2, -0.15) is 15.4 Å². The molecule has 2 N–H and O–H groups in total. The molecule has 9 heteroatoms. The van der Waals surface area contributed by atoms with Crippen molar-refractivity contribution in [3.63, 3.8) is 0 Å². The number of pyridine rings is 1. The van der Waals surface area contributed by atoms with Crippen LogP contribution >= 0.6 is 0 Å². The van der Waals surface area contributed by atoms with E-state index in [4.69, 9.17) is 0 Å². The number of likely N-dealkylation sites (tertiary alicyclic amines) is 1. The first-order valence-electron chi connectivity index (χ1n) is 11.0. The highest BCUT2D eigenvalue weighted by molar-refractivity contribution is 5.89. The number of hydrogen-bond acceptors (Lipinski definition) is 5. The maximum Gasteiger partial charge on any atom is 0.243 e. The van der Waals surface area contributed by atoms with Crippen molar-refractivity contribution in [3.05, 3.63) is 77.4 Å². The molecule has 0 bridgehead atoms. The average Bonchev–Trinajstić information content (AvgIpc) is 3.47. The molecule has 0 saturated carbocycles. The number of aromatic amines is 1. The van der Waals surface area contributed by atoms with Crippen molar-refractivity contribution in [2.24, 2.45) is 0 Å². The predicted molar refractivity (Wildman–Crippen MR) is 120 cm³/mol. The molecular weight excluding hydrogens is 423 g/mol. The molecule has 1 fully saturated rings. The van der Waals surface area contributed by atoms with E-state index in [1.807, 2.05) is 48.7 Å². The number of alkyl halides is 1. The van der Waals surface area contributed by atoms with Gasteiger partial charge >= 0.3 is 0 Å². The average molecular weight is 451 g/mol. The Bertz CT molecular complexity index is 1070. The zero-order chi connectivity index (χ0) is 23.4. The number of hydrogen-bond donors (Lipinski definition) is 2. The predicted octanol–water partition coefficient (Wildman–Crippen LogP) is 2.71. The molecule has 33 heavy (non-hydrogen) atoms. The fraction of sp³-hybridized carbons (Fsp3) is 0.375. The molecule has 2 aromatic heterocycles. The van der Waals surface area contributed by atoms with Gasteiger partial charge in [0.1, 0.15) is 12.2 Å². The van der Waals surface area contributed by atoms with E-state index in [0.717, 1.165) is 11.1 Å². The fourth-order valence-electron chi connectivity index (χ4n) is 4.02. The van der Waals surface area contributed by atoms with Crippen molar-refractivity contribution in [2.75, 3.05) is 6.54 Å². The second-order valence-corrected chi connectivity index (χ2v) is 8.56. The first-order valence-corrected chi connectivity index (χ1v) is 11.0. The van der Waals surface area contributed by atoms with Crippen LogP contribution in [0.1, 0.15) is 54.7 Å². The summed E-state index contributed by atoms with van der Waals surface area (Å²) >= 11 is 0. The summed E-state index contributed by atoms with van der Waals surface area (Å²) in [6.45, 7) is 4.06. The van der Waals surface area contributed by atoms with Gasteiger partial charge in [0.05, 0.1) is 36.6 Å². The molecule has 172 valence electrons. The van der Waals surface area contributed by atoms with E-state index in [1.54, 1.807) is 0 Å². The molecule has 3 heterocycles. The highest BCUT2D eigenvalue weighted by Gasteiger charge is 2.40. The van der Waals surface area contributed by atoms with Crippen LogP contribution < -0.4 is 5.32 Å². The summed E-state index contributed by atoms with van der Waals surface area (Å²) in [6, 6.07) is 11.9. The van der Waals surface area contributed by atoms with Gasteiger partial charge in [-0.3, -0.25) is 14.6 Å². The number of nitrogens with zero attached hydrogens (tertiary/aromatic N) is 4. The molecular formula is C24H27FN6O2. The number of carbonyl (C=O) groups excluding carboxylic acids is 2. The minimum atomic E-state index is -1.26. The lowest BCUT2D eigenvalue weighted by atomic mass is 10.00.